The Morgan fingerprint density at radius 2 is 1.71 bits per heavy atom. The summed E-state index contributed by atoms with van der Waals surface area (Å²) in [5.74, 6) is 2.00. The molecule has 0 amide bonds. The molecule has 0 radical (unpaired) electrons. The van der Waals surface area contributed by atoms with E-state index in [0.717, 1.165) is 22.6 Å². The van der Waals surface area contributed by atoms with Gasteiger partial charge in [0.1, 0.15) is 17.8 Å². The van der Waals surface area contributed by atoms with Crippen LogP contribution in [0.4, 0.5) is 4.39 Å². The molecule has 5 aromatic rings. The number of ether oxygens (including phenoxy) is 1. The van der Waals surface area contributed by atoms with Gasteiger partial charge in [-0.3, -0.25) is 4.57 Å². The lowest BCUT2D eigenvalue weighted by Crippen LogP contribution is -2.05. The summed E-state index contributed by atoms with van der Waals surface area (Å²) < 4.78 is 27.4. The molecule has 0 aliphatic carbocycles. The molecule has 0 fully saturated rings. The first kappa shape index (κ1) is 21.9. The van der Waals surface area contributed by atoms with E-state index in [0.29, 0.717) is 34.7 Å². The normalized spacial score (nSPS) is 11.0. The molecule has 0 aliphatic heterocycles. The molecule has 34 heavy (non-hydrogen) atoms. The molecule has 0 spiro atoms. The minimum atomic E-state index is -0.332. The molecule has 0 aliphatic rings. The van der Waals surface area contributed by atoms with Gasteiger partial charge < -0.3 is 9.15 Å². The molecule has 0 unspecified atom stereocenters. The largest absolute Gasteiger partial charge is 0.497 e. The maximum absolute atomic E-state index is 14.5. The summed E-state index contributed by atoms with van der Waals surface area (Å²) in [6.07, 6.45) is 1.64. The zero-order chi connectivity index (χ0) is 23.3. The Morgan fingerprint density at radius 1 is 0.941 bits per heavy atom. The van der Waals surface area contributed by atoms with Gasteiger partial charge in [-0.05, 0) is 42.0 Å². The van der Waals surface area contributed by atoms with E-state index in [2.05, 4.69) is 15.2 Å². The van der Waals surface area contributed by atoms with Gasteiger partial charge in [-0.1, -0.05) is 54.2 Å². The molecule has 2 aromatic heterocycles. The van der Waals surface area contributed by atoms with E-state index in [1.807, 2.05) is 59.2 Å². The predicted molar refractivity (Wildman–Crippen MR) is 129 cm³/mol. The molecule has 2 heterocycles. The van der Waals surface area contributed by atoms with Gasteiger partial charge in [0.05, 0.1) is 24.9 Å². The fourth-order valence-corrected chi connectivity index (χ4v) is 4.34. The minimum Gasteiger partial charge on any atom is -0.497 e. The maximum Gasteiger partial charge on any atom is 0.226 e. The molecule has 8 heteroatoms. The molecule has 3 aromatic carbocycles. The lowest BCUT2D eigenvalue weighted by atomic mass is 10.2. The van der Waals surface area contributed by atoms with Gasteiger partial charge in [0.25, 0.3) is 0 Å². The summed E-state index contributed by atoms with van der Waals surface area (Å²) in [4.78, 5) is 4.60. The van der Waals surface area contributed by atoms with Gasteiger partial charge in [-0.25, -0.2) is 9.37 Å². The van der Waals surface area contributed by atoms with Crippen LogP contribution < -0.4 is 4.74 Å². The van der Waals surface area contributed by atoms with Crippen molar-refractivity contribution in [2.45, 2.75) is 17.5 Å². The predicted octanol–water partition coefficient (Wildman–Crippen LogP) is 6.09. The Balaban J connectivity index is 1.39. The Hall–Kier alpha value is -3.91. The van der Waals surface area contributed by atoms with Crippen molar-refractivity contribution in [2.24, 2.45) is 0 Å². The van der Waals surface area contributed by atoms with Gasteiger partial charge >= 0.3 is 0 Å². The third-order valence-electron chi connectivity index (χ3n) is 5.25. The smallest absolute Gasteiger partial charge is 0.226 e. The maximum atomic E-state index is 14.5. The van der Waals surface area contributed by atoms with Crippen molar-refractivity contribution in [1.29, 1.82) is 0 Å². The second-order valence-corrected chi connectivity index (χ2v) is 8.46. The number of halogens is 1. The fraction of sp³-hybridized carbons (Fsp3) is 0.115. The van der Waals surface area contributed by atoms with E-state index >= 15 is 0 Å². The second-order valence-electron chi connectivity index (χ2n) is 7.52. The average molecular weight is 473 g/mol. The van der Waals surface area contributed by atoms with Crippen molar-refractivity contribution in [1.82, 2.24) is 19.7 Å². The second kappa shape index (κ2) is 9.93. The number of thioether (sulfide) groups is 1. The molecule has 6 nitrogen and oxygen atoms in total. The van der Waals surface area contributed by atoms with Crippen LogP contribution in [0.15, 0.2) is 94.7 Å². The van der Waals surface area contributed by atoms with Gasteiger partial charge in [0.2, 0.25) is 5.89 Å². The molecule has 5 rings (SSSR count). The van der Waals surface area contributed by atoms with E-state index in [4.69, 9.17) is 9.15 Å². The van der Waals surface area contributed by atoms with Crippen LogP contribution >= 0.6 is 11.8 Å². The van der Waals surface area contributed by atoms with Crippen LogP contribution in [0.1, 0.15) is 11.3 Å². The Kier molecular flexibility index (Phi) is 6.40. The topological polar surface area (TPSA) is 66.0 Å². The summed E-state index contributed by atoms with van der Waals surface area (Å²) in [6, 6.07) is 24.1. The number of hydrogen-bond donors (Lipinski definition) is 0. The van der Waals surface area contributed by atoms with Crippen LogP contribution in [-0.2, 0) is 12.3 Å². The SMILES string of the molecule is COc1ccc(-c2nc(CSc3nnc(-c4ccccc4F)n3Cc3ccccc3)co2)cc1. The highest BCUT2D eigenvalue weighted by atomic mass is 32.2. The fourth-order valence-electron chi connectivity index (χ4n) is 3.52. The summed E-state index contributed by atoms with van der Waals surface area (Å²) >= 11 is 1.48. The molecular formula is C26H21FN4O2S. The first-order valence-corrected chi connectivity index (χ1v) is 11.6. The standard InChI is InChI=1S/C26H21FN4O2S/c1-32-21-13-11-19(12-14-21)25-28-20(16-33-25)17-34-26-30-29-24(22-9-5-6-10-23(22)27)31(26)15-18-7-3-2-4-8-18/h2-14,16H,15,17H2,1H3. The molecular weight excluding hydrogens is 451 g/mol. The first-order valence-electron chi connectivity index (χ1n) is 10.6. The van der Waals surface area contributed by atoms with Gasteiger partial charge in [-0.2, -0.15) is 0 Å². The Morgan fingerprint density at radius 3 is 2.47 bits per heavy atom. The number of hydrogen-bond acceptors (Lipinski definition) is 6. The Bertz CT molecular complexity index is 1380. The molecule has 0 saturated heterocycles. The van der Waals surface area contributed by atoms with Crippen molar-refractivity contribution >= 4 is 11.8 Å². The van der Waals surface area contributed by atoms with Crippen LogP contribution in [0.3, 0.4) is 0 Å². The number of nitrogens with zero attached hydrogens (tertiary/aromatic N) is 4. The van der Waals surface area contributed by atoms with Crippen LogP contribution in [0.2, 0.25) is 0 Å². The first-order chi connectivity index (χ1) is 16.7. The van der Waals surface area contributed by atoms with Crippen molar-refractivity contribution < 1.29 is 13.5 Å². The minimum absolute atomic E-state index is 0.332. The van der Waals surface area contributed by atoms with Gasteiger partial charge in [0.15, 0.2) is 11.0 Å². The number of benzene rings is 3. The van der Waals surface area contributed by atoms with E-state index in [9.17, 15) is 4.39 Å². The van der Waals surface area contributed by atoms with Gasteiger partial charge in [0, 0.05) is 11.3 Å². The average Bonchev–Trinajstić information content (AvgIpc) is 3.51. The zero-order valence-corrected chi connectivity index (χ0v) is 19.2. The molecule has 170 valence electrons. The molecule has 0 N–H and O–H groups in total. The zero-order valence-electron chi connectivity index (χ0n) is 18.4. The van der Waals surface area contributed by atoms with Crippen molar-refractivity contribution in [2.75, 3.05) is 7.11 Å². The van der Waals surface area contributed by atoms with Crippen LogP contribution in [0, 0.1) is 5.82 Å². The summed E-state index contributed by atoms with van der Waals surface area (Å²) in [7, 11) is 1.63. The van der Waals surface area contributed by atoms with Crippen molar-refractivity contribution in [3.8, 4) is 28.6 Å². The van der Waals surface area contributed by atoms with E-state index in [1.54, 1.807) is 31.6 Å². The summed E-state index contributed by atoms with van der Waals surface area (Å²) in [5.41, 5.74) is 3.13. The quantitative estimate of drug-likeness (QED) is 0.255. The molecule has 0 atom stereocenters. The lowest BCUT2D eigenvalue weighted by molar-refractivity contribution is 0.415. The highest BCUT2D eigenvalue weighted by molar-refractivity contribution is 7.98. The van der Waals surface area contributed by atoms with Gasteiger partial charge in [-0.15, -0.1) is 10.2 Å². The monoisotopic (exact) mass is 472 g/mol. The third kappa shape index (κ3) is 4.72. The number of aromatic nitrogens is 4. The van der Waals surface area contributed by atoms with E-state index in [-0.39, 0.29) is 5.82 Å². The van der Waals surface area contributed by atoms with E-state index in [1.165, 1.54) is 17.8 Å². The van der Waals surface area contributed by atoms with Crippen LogP contribution in [0.25, 0.3) is 22.8 Å². The van der Waals surface area contributed by atoms with Crippen molar-refractivity contribution in [3.05, 3.63) is 102 Å². The third-order valence-corrected chi connectivity index (χ3v) is 6.25. The highest BCUT2D eigenvalue weighted by Gasteiger charge is 2.18. The van der Waals surface area contributed by atoms with Crippen LogP contribution in [-0.4, -0.2) is 26.9 Å². The lowest BCUT2D eigenvalue weighted by Gasteiger charge is -2.10. The number of oxazole rings is 1. The summed E-state index contributed by atoms with van der Waals surface area (Å²) in [5, 5.41) is 9.36. The van der Waals surface area contributed by atoms with E-state index < -0.39 is 0 Å². The number of methoxy groups -OCH3 is 1. The van der Waals surface area contributed by atoms with Crippen molar-refractivity contribution in [3.63, 3.8) is 0 Å². The van der Waals surface area contributed by atoms with Crippen LogP contribution in [0.5, 0.6) is 5.75 Å². The molecule has 0 saturated carbocycles. The number of rotatable bonds is 8. The summed E-state index contributed by atoms with van der Waals surface area (Å²) in [6.45, 7) is 0.524. The highest BCUT2D eigenvalue weighted by Crippen LogP contribution is 2.29. The molecule has 0 bridgehead atoms. The Labute approximate surface area is 200 Å².